The standard InChI is InChI=1S/C20H22O/c1-3-4-5-17-10-13-19(14-11-17)20(21)15-12-18-8-6-16(2)7-9-18/h6-15H,3-5H2,1-2H3. The third kappa shape index (κ3) is 4.71. The van der Waals surface area contributed by atoms with E-state index in [2.05, 4.69) is 26.0 Å². The highest BCUT2D eigenvalue weighted by Gasteiger charge is 2.01. The Hall–Kier alpha value is -2.15. The summed E-state index contributed by atoms with van der Waals surface area (Å²) in [5.74, 6) is 0.0533. The van der Waals surface area contributed by atoms with Crippen LogP contribution in [0.2, 0.25) is 0 Å². The Morgan fingerprint density at radius 1 is 1.00 bits per heavy atom. The van der Waals surface area contributed by atoms with Crippen molar-refractivity contribution in [3.05, 3.63) is 76.9 Å². The van der Waals surface area contributed by atoms with Gasteiger partial charge in [-0.3, -0.25) is 4.79 Å². The van der Waals surface area contributed by atoms with E-state index in [4.69, 9.17) is 0 Å². The van der Waals surface area contributed by atoms with E-state index in [1.54, 1.807) is 6.08 Å². The minimum absolute atomic E-state index is 0.0533. The third-order valence-electron chi connectivity index (χ3n) is 3.56. The van der Waals surface area contributed by atoms with Crippen LogP contribution in [0, 0.1) is 6.92 Å². The van der Waals surface area contributed by atoms with Crippen LogP contribution in [0.5, 0.6) is 0 Å². The predicted molar refractivity (Wildman–Crippen MR) is 89.6 cm³/mol. The molecule has 2 aromatic carbocycles. The molecule has 1 heteroatoms. The number of benzene rings is 2. The molecule has 0 heterocycles. The van der Waals surface area contributed by atoms with Gasteiger partial charge in [-0.1, -0.05) is 73.5 Å². The maximum atomic E-state index is 12.1. The summed E-state index contributed by atoms with van der Waals surface area (Å²) >= 11 is 0. The second-order valence-corrected chi connectivity index (χ2v) is 5.41. The number of allylic oxidation sites excluding steroid dienone is 1. The molecule has 21 heavy (non-hydrogen) atoms. The second-order valence-electron chi connectivity index (χ2n) is 5.41. The molecule has 0 bridgehead atoms. The molecule has 0 unspecified atom stereocenters. The molecule has 2 aromatic rings. The smallest absolute Gasteiger partial charge is 0.185 e. The molecular weight excluding hydrogens is 256 g/mol. The molecule has 0 radical (unpaired) electrons. The van der Waals surface area contributed by atoms with E-state index in [9.17, 15) is 4.79 Å². The molecule has 0 N–H and O–H groups in total. The van der Waals surface area contributed by atoms with Crippen LogP contribution in [0.4, 0.5) is 0 Å². The summed E-state index contributed by atoms with van der Waals surface area (Å²) in [5.41, 5.74) is 4.32. The molecule has 0 aliphatic rings. The highest BCUT2D eigenvalue weighted by molar-refractivity contribution is 6.06. The van der Waals surface area contributed by atoms with E-state index < -0.39 is 0 Å². The molecule has 0 fully saturated rings. The number of unbranched alkanes of at least 4 members (excludes halogenated alkanes) is 1. The minimum atomic E-state index is 0.0533. The third-order valence-corrected chi connectivity index (χ3v) is 3.56. The number of ketones is 1. The van der Waals surface area contributed by atoms with E-state index in [-0.39, 0.29) is 5.78 Å². The fraction of sp³-hybridized carbons (Fsp3) is 0.250. The van der Waals surface area contributed by atoms with Gasteiger partial charge in [-0.05, 0) is 37.0 Å². The number of carbonyl (C=O) groups excluding carboxylic acids is 1. The Bertz CT molecular complexity index is 603. The zero-order valence-electron chi connectivity index (χ0n) is 12.8. The molecule has 0 aliphatic carbocycles. The van der Waals surface area contributed by atoms with Crippen molar-refractivity contribution in [3.8, 4) is 0 Å². The van der Waals surface area contributed by atoms with Crippen molar-refractivity contribution in [2.24, 2.45) is 0 Å². The number of rotatable bonds is 6. The topological polar surface area (TPSA) is 17.1 Å². The van der Waals surface area contributed by atoms with Crippen LogP contribution < -0.4 is 0 Å². The maximum Gasteiger partial charge on any atom is 0.185 e. The molecule has 0 spiro atoms. The molecule has 1 nitrogen and oxygen atoms in total. The molecular formula is C20H22O. The Labute approximate surface area is 127 Å². The van der Waals surface area contributed by atoms with Gasteiger partial charge in [0.05, 0.1) is 0 Å². The lowest BCUT2D eigenvalue weighted by Gasteiger charge is -2.01. The van der Waals surface area contributed by atoms with Crippen molar-refractivity contribution in [1.29, 1.82) is 0 Å². The first-order chi connectivity index (χ1) is 10.2. The van der Waals surface area contributed by atoms with Crippen molar-refractivity contribution in [3.63, 3.8) is 0 Å². The van der Waals surface area contributed by atoms with E-state index in [0.717, 1.165) is 17.5 Å². The average Bonchev–Trinajstić information content (AvgIpc) is 2.52. The zero-order valence-corrected chi connectivity index (χ0v) is 12.8. The lowest BCUT2D eigenvalue weighted by Crippen LogP contribution is -1.95. The van der Waals surface area contributed by atoms with Crippen molar-refractivity contribution in [2.45, 2.75) is 33.1 Å². The van der Waals surface area contributed by atoms with Gasteiger partial charge in [-0.2, -0.15) is 0 Å². The molecule has 0 atom stereocenters. The Morgan fingerprint density at radius 2 is 1.67 bits per heavy atom. The van der Waals surface area contributed by atoms with E-state index in [0.29, 0.717) is 0 Å². The van der Waals surface area contributed by atoms with Crippen molar-refractivity contribution >= 4 is 11.9 Å². The summed E-state index contributed by atoms with van der Waals surface area (Å²) in [6.07, 6.45) is 6.99. The second kappa shape index (κ2) is 7.58. The molecule has 0 aromatic heterocycles. The van der Waals surface area contributed by atoms with Gasteiger partial charge in [-0.15, -0.1) is 0 Å². The van der Waals surface area contributed by atoms with E-state index >= 15 is 0 Å². The van der Waals surface area contributed by atoms with Gasteiger partial charge in [-0.25, -0.2) is 0 Å². The van der Waals surface area contributed by atoms with Crippen LogP contribution in [0.15, 0.2) is 54.6 Å². The first-order valence-electron chi connectivity index (χ1n) is 7.57. The summed E-state index contributed by atoms with van der Waals surface area (Å²) in [5, 5.41) is 0. The monoisotopic (exact) mass is 278 g/mol. The SMILES string of the molecule is CCCCc1ccc(C(=O)C=Cc2ccc(C)cc2)cc1. The van der Waals surface area contributed by atoms with Gasteiger partial charge >= 0.3 is 0 Å². The lowest BCUT2D eigenvalue weighted by molar-refractivity contribution is 0.104. The van der Waals surface area contributed by atoms with Crippen LogP contribution in [0.3, 0.4) is 0 Å². The van der Waals surface area contributed by atoms with Crippen LogP contribution in [-0.4, -0.2) is 5.78 Å². The van der Waals surface area contributed by atoms with Crippen LogP contribution in [0.1, 0.15) is 46.8 Å². The highest BCUT2D eigenvalue weighted by atomic mass is 16.1. The quantitative estimate of drug-likeness (QED) is 0.522. The van der Waals surface area contributed by atoms with Gasteiger partial charge in [0.15, 0.2) is 5.78 Å². The molecule has 0 saturated heterocycles. The summed E-state index contributed by atoms with van der Waals surface area (Å²) in [7, 11) is 0. The van der Waals surface area contributed by atoms with Crippen molar-refractivity contribution < 1.29 is 4.79 Å². The Morgan fingerprint density at radius 3 is 2.29 bits per heavy atom. The summed E-state index contributed by atoms with van der Waals surface area (Å²) in [6.45, 7) is 4.24. The maximum absolute atomic E-state index is 12.1. The van der Waals surface area contributed by atoms with Gasteiger partial charge < -0.3 is 0 Å². The first-order valence-corrected chi connectivity index (χ1v) is 7.57. The van der Waals surface area contributed by atoms with Crippen LogP contribution in [0.25, 0.3) is 6.08 Å². The van der Waals surface area contributed by atoms with E-state index in [1.807, 2.05) is 42.5 Å². The molecule has 2 rings (SSSR count). The first kappa shape index (κ1) is 15.2. The highest BCUT2D eigenvalue weighted by Crippen LogP contribution is 2.10. The van der Waals surface area contributed by atoms with Gasteiger partial charge in [0.25, 0.3) is 0 Å². The van der Waals surface area contributed by atoms with Crippen molar-refractivity contribution in [2.75, 3.05) is 0 Å². The van der Waals surface area contributed by atoms with Crippen LogP contribution in [-0.2, 0) is 6.42 Å². The number of hydrogen-bond donors (Lipinski definition) is 0. The summed E-state index contributed by atoms with van der Waals surface area (Å²) < 4.78 is 0. The fourth-order valence-corrected chi connectivity index (χ4v) is 2.16. The molecule has 0 aliphatic heterocycles. The fourth-order valence-electron chi connectivity index (χ4n) is 2.16. The molecule has 0 saturated carbocycles. The minimum Gasteiger partial charge on any atom is -0.289 e. The summed E-state index contributed by atoms with van der Waals surface area (Å²) in [4.78, 5) is 12.1. The molecule has 108 valence electrons. The van der Waals surface area contributed by atoms with Crippen LogP contribution >= 0.6 is 0 Å². The lowest BCUT2D eigenvalue weighted by atomic mass is 10.0. The number of hydrogen-bond acceptors (Lipinski definition) is 1. The van der Waals surface area contributed by atoms with Gasteiger partial charge in [0.2, 0.25) is 0 Å². The Kier molecular flexibility index (Phi) is 5.51. The van der Waals surface area contributed by atoms with Crippen molar-refractivity contribution in [1.82, 2.24) is 0 Å². The average molecular weight is 278 g/mol. The number of carbonyl (C=O) groups is 1. The number of aryl methyl sites for hydroxylation is 2. The zero-order chi connectivity index (χ0) is 15.1. The Balaban J connectivity index is 2.01. The molecule has 0 amide bonds. The van der Waals surface area contributed by atoms with Gasteiger partial charge in [0.1, 0.15) is 0 Å². The normalized spacial score (nSPS) is 11.0. The summed E-state index contributed by atoms with van der Waals surface area (Å²) in [6, 6.07) is 16.1. The van der Waals surface area contributed by atoms with Gasteiger partial charge in [0, 0.05) is 5.56 Å². The predicted octanol–water partition coefficient (Wildman–Crippen LogP) is 5.23. The van der Waals surface area contributed by atoms with E-state index in [1.165, 1.54) is 24.0 Å². The largest absolute Gasteiger partial charge is 0.289 e.